The molecule has 8 nitrogen and oxygen atoms in total. The van der Waals surface area contributed by atoms with Crippen LogP contribution in [-0.2, 0) is 4.74 Å². The zero-order chi connectivity index (χ0) is 14.5. The number of azide groups is 1. The molecule has 0 aromatic heterocycles. The van der Waals surface area contributed by atoms with E-state index in [0.717, 1.165) is 19.3 Å². The second-order valence-electron chi connectivity index (χ2n) is 4.15. The van der Waals surface area contributed by atoms with E-state index >= 15 is 0 Å². The first-order valence-corrected chi connectivity index (χ1v) is 6.38. The fourth-order valence-electron chi connectivity index (χ4n) is 1.58. The fraction of sp³-hybridized carbons (Fsp3) is 0.909. The second-order valence-corrected chi connectivity index (χ2v) is 4.15. The average molecular weight is 273 g/mol. The van der Waals surface area contributed by atoms with Crippen LogP contribution >= 0.6 is 0 Å². The first-order valence-electron chi connectivity index (χ1n) is 6.38. The van der Waals surface area contributed by atoms with Crippen molar-refractivity contribution >= 4 is 6.09 Å². The number of carbonyl (C=O) groups excluding carboxylic acids is 1. The highest BCUT2D eigenvalue weighted by molar-refractivity contribution is 5.66. The third kappa shape index (κ3) is 10.1. The zero-order valence-corrected chi connectivity index (χ0v) is 11.5. The van der Waals surface area contributed by atoms with Gasteiger partial charge in [0.1, 0.15) is 0 Å². The highest BCUT2D eigenvalue weighted by Gasteiger charge is 2.11. The largest absolute Gasteiger partial charge is 0.449 e. The number of likely N-dealkylation sites (N-methyl/N-ethyl adjacent to an activating group) is 1. The van der Waals surface area contributed by atoms with Crippen LogP contribution in [0.25, 0.3) is 10.4 Å². The molecule has 0 rings (SSSR count). The summed E-state index contributed by atoms with van der Waals surface area (Å²) in [4.78, 5) is 13.7. The molecule has 1 amide bonds. The Bertz CT molecular complexity index is 292. The summed E-state index contributed by atoms with van der Waals surface area (Å²) >= 11 is 0. The molecule has 2 atom stereocenters. The number of carbonyl (C=O) groups is 1. The minimum absolute atomic E-state index is 0.0794. The predicted octanol–water partition coefficient (Wildman–Crippen LogP) is 1.16. The lowest BCUT2D eigenvalue weighted by molar-refractivity contribution is 0.141. The molecule has 0 aromatic carbocycles. The number of amides is 1. The van der Waals surface area contributed by atoms with Crippen LogP contribution in [-0.4, -0.2) is 50.1 Å². The van der Waals surface area contributed by atoms with Crippen molar-refractivity contribution in [3.8, 4) is 0 Å². The van der Waals surface area contributed by atoms with E-state index in [1.54, 1.807) is 6.92 Å². The normalized spacial score (nSPS) is 13.2. The van der Waals surface area contributed by atoms with Crippen LogP contribution in [0, 0.1) is 0 Å². The van der Waals surface area contributed by atoms with Gasteiger partial charge in [-0.3, -0.25) is 0 Å². The van der Waals surface area contributed by atoms with E-state index in [9.17, 15) is 9.90 Å². The van der Waals surface area contributed by atoms with Crippen LogP contribution in [0.1, 0.15) is 26.2 Å². The maximum atomic E-state index is 11.1. The van der Waals surface area contributed by atoms with Gasteiger partial charge in [0.15, 0.2) is 0 Å². The van der Waals surface area contributed by atoms with Crippen molar-refractivity contribution in [1.82, 2.24) is 10.6 Å². The van der Waals surface area contributed by atoms with E-state index in [1.807, 2.05) is 7.05 Å². The topological polar surface area (TPSA) is 119 Å². The van der Waals surface area contributed by atoms with Crippen molar-refractivity contribution in [3.63, 3.8) is 0 Å². The van der Waals surface area contributed by atoms with Gasteiger partial charge in [-0.2, -0.15) is 0 Å². The highest BCUT2D eigenvalue weighted by atomic mass is 16.5. The lowest BCUT2D eigenvalue weighted by Gasteiger charge is -2.18. The molecule has 0 aliphatic rings. The Balaban J connectivity index is 3.47. The summed E-state index contributed by atoms with van der Waals surface area (Å²) in [5.74, 6) is 0. The van der Waals surface area contributed by atoms with Crippen LogP contribution < -0.4 is 10.6 Å². The quantitative estimate of drug-likeness (QED) is 0.239. The smallest absolute Gasteiger partial charge is 0.407 e. The van der Waals surface area contributed by atoms with E-state index in [1.165, 1.54) is 0 Å². The Morgan fingerprint density at radius 2 is 2.26 bits per heavy atom. The summed E-state index contributed by atoms with van der Waals surface area (Å²) in [5, 5.41) is 18.3. The van der Waals surface area contributed by atoms with Gasteiger partial charge >= 0.3 is 6.09 Å². The summed E-state index contributed by atoms with van der Waals surface area (Å²) in [5.41, 5.74) is 8.02. The van der Waals surface area contributed by atoms with Crippen LogP contribution in [0.2, 0.25) is 0 Å². The summed E-state index contributed by atoms with van der Waals surface area (Å²) in [6.45, 7) is 2.50. The van der Waals surface area contributed by atoms with Crippen molar-refractivity contribution in [3.05, 3.63) is 10.4 Å². The number of rotatable bonds is 10. The van der Waals surface area contributed by atoms with Crippen molar-refractivity contribution in [1.29, 1.82) is 0 Å². The maximum absolute atomic E-state index is 11.1. The molecule has 0 saturated heterocycles. The van der Waals surface area contributed by atoms with Gasteiger partial charge in [-0.15, -0.1) is 0 Å². The number of aliphatic hydroxyl groups is 1. The number of hydrogen-bond acceptors (Lipinski definition) is 5. The molecule has 0 bridgehead atoms. The van der Waals surface area contributed by atoms with Gasteiger partial charge in [0.05, 0.1) is 19.3 Å². The Morgan fingerprint density at radius 1 is 1.53 bits per heavy atom. The van der Waals surface area contributed by atoms with E-state index in [4.69, 9.17) is 10.3 Å². The molecular formula is C11H23N5O3. The number of nitrogens with one attached hydrogen (secondary N) is 2. The Kier molecular flexibility index (Phi) is 10.7. The molecule has 0 fully saturated rings. The maximum Gasteiger partial charge on any atom is 0.407 e. The van der Waals surface area contributed by atoms with Crippen molar-refractivity contribution in [2.45, 2.75) is 38.3 Å². The fourth-order valence-corrected chi connectivity index (χ4v) is 1.58. The van der Waals surface area contributed by atoms with Gasteiger partial charge in [0, 0.05) is 17.5 Å². The van der Waals surface area contributed by atoms with Crippen LogP contribution in [0.4, 0.5) is 4.79 Å². The standard InChI is InChI=1S/C11H23N5O3/c1-9(17)10(13-2)5-3-4-6-14-11(18)19-8-7-15-16-12/h9-10,13,17H,3-8H2,1-2H3,(H,14,18). The minimum Gasteiger partial charge on any atom is -0.449 e. The number of nitrogens with zero attached hydrogens (tertiary/aromatic N) is 3. The van der Waals surface area contributed by atoms with Crippen molar-refractivity contribution in [2.24, 2.45) is 5.11 Å². The van der Waals surface area contributed by atoms with E-state index in [-0.39, 0.29) is 25.3 Å². The summed E-state index contributed by atoms with van der Waals surface area (Å²) in [6, 6.07) is 0.0794. The van der Waals surface area contributed by atoms with Crippen molar-refractivity contribution in [2.75, 3.05) is 26.7 Å². The monoisotopic (exact) mass is 273 g/mol. The number of hydrogen-bond donors (Lipinski definition) is 3. The average Bonchev–Trinajstić information content (AvgIpc) is 2.38. The molecule has 8 heteroatoms. The molecule has 3 N–H and O–H groups in total. The molecule has 0 aliphatic heterocycles. The van der Waals surface area contributed by atoms with Gasteiger partial charge in [0.25, 0.3) is 0 Å². The molecule has 2 unspecified atom stereocenters. The predicted molar refractivity (Wildman–Crippen MR) is 71.7 cm³/mol. The summed E-state index contributed by atoms with van der Waals surface area (Å²) in [6.07, 6.45) is 1.67. The molecule has 0 saturated carbocycles. The molecule has 0 spiro atoms. The SMILES string of the molecule is CNC(CCCCNC(=O)OCCN=[N+]=[N-])C(C)O. The molecule has 0 aliphatic carbocycles. The molecule has 0 heterocycles. The molecule has 19 heavy (non-hydrogen) atoms. The van der Waals surface area contributed by atoms with Crippen molar-refractivity contribution < 1.29 is 14.6 Å². The number of unbranched alkanes of at least 4 members (excludes halogenated alkanes) is 1. The molecular weight excluding hydrogens is 250 g/mol. The minimum atomic E-state index is -0.506. The van der Waals surface area contributed by atoms with E-state index in [0.29, 0.717) is 6.54 Å². The lowest BCUT2D eigenvalue weighted by Crippen LogP contribution is -2.35. The second kappa shape index (κ2) is 11.6. The molecule has 0 radical (unpaired) electrons. The third-order valence-electron chi connectivity index (χ3n) is 2.65. The van der Waals surface area contributed by atoms with Gasteiger partial charge < -0.3 is 20.5 Å². The Labute approximate surface area is 113 Å². The molecule has 0 aromatic rings. The molecule has 110 valence electrons. The number of alkyl carbamates (subject to hydrolysis) is 1. The van der Waals surface area contributed by atoms with Crippen LogP contribution in [0.5, 0.6) is 0 Å². The number of aliphatic hydroxyl groups excluding tert-OH is 1. The van der Waals surface area contributed by atoms with E-state index < -0.39 is 6.09 Å². The first kappa shape index (κ1) is 17.5. The first-order chi connectivity index (χ1) is 9.11. The lowest BCUT2D eigenvalue weighted by atomic mass is 10.1. The Hall–Kier alpha value is -1.50. The van der Waals surface area contributed by atoms with Crippen LogP contribution in [0.15, 0.2) is 5.11 Å². The zero-order valence-electron chi connectivity index (χ0n) is 11.5. The van der Waals surface area contributed by atoms with Gasteiger partial charge in [-0.25, -0.2) is 4.79 Å². The van der Waals surface area contributed by atoms with Gasteiger partial charge in [-0.1, -0.05) is 11.5 Å². The van der Waals surface area contributed by atoms with Crippen LogP contribution in [0.3, 0.4) is 0 Å². The summed E-state index contributed by atoms with van der Waals surface area (Å²) < 4.78 is 4.76. The highest BCUT2D eigenvalue weighted by Crippen LogP contribution is 2.04. The summed E-state index contributed by atoms with van der Waals surface area (Å²) in [7, 11) is 1.82. The Morgan fingerprint density at radius 3 is 2.84 bits per heavy atom. The van der Waals surface area contributed by atoms with Gasteiger partial charge in [-0.05, 0) is 32.3 Å². The van der Waals surface area contributed by atoms with Gasteiger partial charge in [0.2, 0.25) is 0 Å². The van der Waals surface area contributed by atoms with E-state index in [2.05, 4.69) is 20.7 Å². The number of ether oxygens (including phenoxy) is 1. The third-order valence-corrected chi connectivity index (χ3v) is 2.65.